The molecule has 2 heterocycles. The maximum atomic E-state index is 12.2. The highest BCUT2D eigenvalue weighted by molar-refractivity contribution is 8.00. The van der Waals surface area contributed by atoms with Gasteiger partial charge in [-0.1, -0.05) is 35.9 Å². The Morgan fingerprint density at radius 2 is 2.10 bits per heavy atom. The van der Waals surface area contributed by atoms with E-state index in [1.54, 1.807) is 22.9 Å². The molecule has 20 heavy (non-hydrogen) atoms. The van der Waals surface area contributed by atoms with Crippen LogP contribution >= 0.6 is 23.4 Å². The van der Waals surface area contributed by atoms with E-state index in [0.717, 1.165) is 11.1 Å². The average Bonchev–Trinajstić information content (AvgIpc) is 2.82. The second-order valence-corrected chi connectivity index (χ2v) is 6.07. The van der Waals surface area contributed by atoms with E-state index in [1.165, 1.54) is 0 Å². The molecule has 1 aliphatic rings. The van der Waals surface area contributed by atoms with Crippen LogP contribution in [0.25, 0.3) is 0 Å². The van der Waals surface area contributed by atoms with Crippen LogP contribution < -0.4 is 4.90 Å². The summed E-state index contributed by atoms with van der Waals surface area (Å²) in [5.41, 5.74) is 1.94. The third kappa shape index (κ3) is 2.30. The van der Waals surface area contributed by atoms with Crippen LogP contribution in [0.15, 0.2) is 42.6 Å². The van der Waals surface area contributed by atoms with Crippen LogP contribution in [-0.4, -0.2) is 16.6 Å². The molecular formula is C15H13ClN2OS. The Morgan fingerprint density at radius 1 is 1.30 bits per heavy atom. The van der Waals surface area contributed by atoms with Gasteiger partial charge in [0.1, 0.15) is 11.2 Å². The zero-order chi connectivity index (χ0) is 14.1. The minimum Gasteiger partial charge on any atom is -0.279 e. The Labute approximate surface area is 127 Å². The van der Waals surface area contributed by atoms with E-state index in [-0.39, 0.29) is 11.3 Å². The van der Waals surface area contributed by atoms with Gasteiger partial charge in [0.15, 0.2) is 0 Å². The first kappa shape index (κ1) is 13.5. The number of carbonyl (C=O) groups is 1. The number of amides is 1. The van der Waals surface area contributed by atoms with Crippen LogP contribution in [0.4, 0.5) is 5.82 Å². The van der Waals surface area contributed by atoms with Crippen LogP contribution in [0.1, 0.15) is 16.5 Å². The number of aryl methyl sites for hydroxylation is 1. The van der Waals surface area contributed by atoms with Gasteiger partial charge in [0.2, 0.25) is 5.91 Å². The van der Waals surface area contributed by atoms with E-state index >= 15 is 0 Å². The number of pyridine rings is 1. The van der Waals surface area contributed by atoms with E-state index in [0.29, 0.717) is 16.6 Å². The van der Waals surface area contributed by atoms with Crippen molar-refractivity contribution in [1.82, 2.24) is 4.98 Å². The van der Waals surface area contributed by atoms with E-state index in [1.807, 2.05) is 43.3 Å². The monoisotopic (exact) mass is 304 g/mol. The summed E-state index contributed by atoms with van der Waals surface area (Å²) in [5, 5.41) is 0.572. The van der Waals surface area contributed by atoms with Crippen LogP contribution in [-0.2, 0) is 4.79 Å². The Morgan fingerprint density at radius 3 is 2.85 bits per heavy atom. The molecule has 1 amide bonds. The lowest BCUT2D eigenvalue weighted by molar-refractivity contribution is -0.115. The molecule has 3 rings (SSSR count). The first-order valence-corrected chi connectivity index (χ1v) is 7.71. The van der Waals surface area contributed by atoms with Gasteiger partial charge in [0.05, 0.1) is 5.75 Å². The number of halogens is 1. The first-order valence-electron chi connectivity index (χ1n) is 6.28. The van der Waals surface area contributed by atoms with Gasteiger partial charge in [-0.25, -0.2) is 4.98 Å². The van der Waals surface area contributed by atoms with Crippen molar-refractivity contribution in [3.05, 3.63) is 58.7 Å². The van der Waals surface area contributed by atoms with Crippen molar-refractivity contribution in [2.45, 2.75) is 12.3 Å². The molecule has 0 bridgehead atoms. The van der Waals surface area contributed by atoms with Crippen molar-refractivity contribution in [3.8, 4) is 0 Å². The third-order valence-electron chi connectivity index (χ3n) is 3.25. The van der Waals surface area contributed by atoms with E-state index in [2.05, 4.69) is 4.98 Å². The van der Waals surface area contributed by atoms with Gasteiger partial charge in [-0.05, 0) is 24.6 Å². The van der Waals surface area contributed by atoms with E-state index < -0.39 is 0 Å². The molecule has 0 saturated carbocycles. The van der Waals surface area contributed by atoms with Crippen molar-refractivity contribution >= 4 is 35.1 Å². The molecule has 0 N–H and O–H groups in total. The summed E-state index contributed by atoms with van der Waals surface area (Å²) in [4.78, 5) is 18.4. The lowest BCUT2D eigenvalue weighted by Crippen LogP contribution is -2.29. The summed E-state index contributed by atoms with van der Waals surface area (Å²) in [6, 6.07) is 11.5. The summed E-state index contributed by atoms with van der Waals surface area (Å²) in [6.07, 6.45) is 1.71. The maximum absolute atomic E-state index is 12.2. The number of aromatic nitrogens is 1. The number of nitrogens with zero attached hydrogens (tertiary/aromatic N) is 2. The highest BCUT2D eigenvalue weighted by atomic mass is 35.5. The number of hydrogen-bond acceptors (Lipinski definition) is 3. The molecule has 1 atom stereocenters. The molecule has 1 aliphatic heterocycles. The number of benzene rings is 1. The standard InChI is InChI=1S/C15H13ClN2OS/c1-10-5-4-8-17-14(10)18-13(19)9-20-15(18)11-6-2-3-7-12(11)16/h2-8,15H,9H2,1H3. The fourth-order valence-electron chi connectivity index (χ4n) is 2.29. The molecule has 2 aromatic rings. The lowest BCUT2D eigenvalue weighted by atomic mass is 10.2. The average molecular weight is 305 g/mol. The van der Waals surface area contributed by atoms with Crippen molar-refractivity contribution in [1.29, 1.82) is 0 Å². The van der Waals surface area contributed by atoms with Gasteiger partial charge in [-0.2, -0.15) is 0 Å². The number of thioether (sulfide) groups is 1. The Bertz CT molecular complexity index is 662. The van der Waals surface area contributed by atoms with Gasteiger partial charge in [0.25, 0.3) is 0 Å². The summed E-state index contributed by atoms with van der Waals surface area (Å²) < 4.78 is 0. The zero-order valence-electron chi connectivity index (χ0n) is 10.9. The summed E-state index contributed by atoms with van der Waals surface area (Å²) in [5.74, 6) is 1.24. The minimum absolute atomic E-state index is 0.0710. The molecule has 0 radical (unpaired) electrons. The van der Waals surface area contributed by atoms with E-state index in [9.17, 15) is 4.79 Å². The van der Waals surface area contributed by atoms with Gasteiger partial charge >= 0.3 is 0 Å². The number of carbonyl (C=O) groups excluding carboxylic acids is 1. The molecule has 102 valence electrons. The quantitative estimate of drug-likeness (QED) is 0.845. The topological polar surface area (TPSA) is 33.2 Å². The first-order chi connectivity index (χ1) is 9.68. The van der Waals surface area contributed by atoms with Gasteiger partial charge in [-0.3, -0.25) is 9.69 Å². The van der Waals surface area contributed by atoms with Crippen molar-refractivity contribution in [2.24, 2.45) is 0 Å². The highest BCUT2D eigenvalue weighted by Crippen LogP contribution is 2.43. The van der Waals surface area contributed by atoms with Crippen molar-refractivity contribution < 1.29 is 4.79 Å². The Balaban J connectivity index is 2.06. The second-order valence-electron chi connectivity index (χ2n) is 4.59. The fraction of sp³-hybridized carbons (Fsp3) is 0.200. The Hall–Kier alpha value is -1.52. The maximum Gasteiger partial charge on any atom is 0.239 e. The van der Waals surface area contributed by atoms with Crippen LogP contribution in [0.5, 0.6) is 0 Å². The van der Waals surface area contributed by atoms with Gasteiger partial charge in [0, 0.05) is 16.8 Å². The molecule has 1 aromatic carbocycles. The predicted octanol–water partition coefficient (Wildman–Crippen LogP) is 3.82. The Kier molecular flexibility index (Phi) is 3.68. The van der Waals surface area contributed by atoms with Crippen LogP contribution in [0, 0.1) is 6.92 Å². The summed E-state index contributed by atoms with van der Waals surface area (Å²) in [7, 11) is 0. The molecule has 1 fully saturated rings. The second kappa shape index (κ2) is 5.46. The molecular weight excluding hydrogens is 292 g/mol. The van der Waals surface area contributed by atoms with Crippen molar-refractivity contribution in [3.63, 3.8) is 0 Å². The van der Waals surface area contributed by atoms with Crippen LogP contribution in [0.2, 0.25) is 5.02 Å². The molecule has 1 saturated heterocycles. The molecule has 0 aliphatic carbocycles. The molecule has 1 aromatic heterocycles. The predicted molar refractivity (Wildman–Crippen MR) is 83.1 cm³/mol. The molecule has 5 heteroatoms. The van der Waals surface area contributed by atoms with Gasteiger partial charge in [-0.15, -0.1) is 11.8 Å². The largest absolute Gasteiger partial charge is 0.279 e. The smallest absolute Gasteiger partial charge is 0.239 e. The molecule has 3 nitrogen and oxygen atoms in total. The third-order valence-corrected chi connectivity index (χ3v) is 4.79. The summed E-state index contributed by atoms with van der Waals surface area (Å²) >= 11 is 7.85. The number of hydrogen-bond donors (Lipinski definition) is 0. The lowest BCUT2D eigenvalue weighted by Gasteiger charge is -2.25. The number of anilines is 1. The molecule has 1 unspecified atom stereocenters. The van der Waals surface area contributed by atoms with Crippen molar-refractivity contribution in [2.75, 3.05) is 10.7 Å². The normalized spacial score (nSPS) is 18.6. The SMILES string of the molecule is Cc1cccnc1N1C(=O)CSC1c1ccccc1Cl. The minimum atomic E-state index is -0.107. The van der Waals surface area contributed by atoms with E-state index in [4.69, 9.17) is 11.6 Å². The number of rotatable bonds is 2. The van der Waals surface area contributed by atoms with Crippen LogP contribution in [0.3, 0.4) is 0 Å². The zero-order valence-corrected chi connectivity index (χ0v) is 12.5. The van der Waals surface area contributed by atoms with Gasteiger partial charge < -0.3 is 0 Å². The fourth-order valence-corrected chi connectivity index (χ4v) is 3.78. The summed E-state index contributed by atoms with van der Waals surface area (Å²) in [6.45, 7) is 1.96. The highest BCUT2D eigenvalue weighted by Gasteiger charge is 2.36. The molecule has 0 spiro atoms.